The molecule has 0 fully saturated rings. The summed E-state index contributed by atoms with van der Waals surface area (Å²) in [4.78, 5) is 8.44. The number of nitrogens with zero attached hydrogens (tertiary/aromatic N) is 1. The highest BCUT2D eigenvalue weighted by molar-refractivity contribution is 9.10. The van der Waals surface area contributed by atoms with E-state index in [4.69, 9.17) is 27.1 Å². The number of pyridine rings is 1. The molecule has 2 heterocycles. The minimum Gasteiger partial charge on any atom is -0.492 e. The molecule has 6 heteroatoms. The van der Waals surface area contributed by atoms with Crippen LogP contribution in [0.25, 0.3) is 33.1 Å². The van der Waals surface area contributed by atoms with E-state index in [9.17, 15) is 0 Å². The van der Waals surface area contributed by atoms with Gasteiger partial charge in [-0.15, -0.1) is 0 Å². The second-order valence-corrected chi connectivity index (χ2v) is 8.72. The van der Waals surface area contributed by atoms with Crippen molar-refractivity contribution in [1.82, 2.24) is 9.97 Å². The van der Waals surface area contributed by atoms with E-state index < -0.39 is 0 Å². The van der Waals surface area contributed by atoms with Crippen LogP contribution in [0.5, 0.6) is 5.75 Å². The molecule has 4 nitrogen and oxygen atoms in total. The number of hydrogen-bond donors (Lipinski definition) is 2. The van der Waals surface area contributed by atoms with Crippen molar-refractivity contribution < 1.29 is 4.74 Å². The Labute approximate surface area is 189 Å². The van der Waals surface area contributed by atoms with Gasteiger partial charge in [-0.25, -0.2) is 4.98 Å². The van der Waals surface area contributed by atoms with Gasteiger partial charge in [0.05, 0.1) is 17.8 Å². The molecule has 0 aliphatic heterocycles. The van der Waals surface area contributed by atoms with E-state index in [-0.39, 0.29) is 0 Å². The number of fused-ring (bicyclic) bond motifs is 2. The van der Waals surface area contributed by atoms with Crippen LogP contribution in [0.3, 0.4) is 0 Å². The van der Waals surface area contributed by atoms with Crippen LogP contribution in [-0.2, 0) is 6.42 Å². The fourth-order valence-corrected chi connectivity index (χ4v) is 4.90. The van der Waals surface area contributed by atoms with Crippen LogP contribution in [0.2, 0.25) is 5.02 Å². The molecule has 0 bridgehead atoms. The summed E-state index contributed by atoms with van der Waals surface area (Å²) in [6.07, 6.45) is 2.93. The summed E-state index contributed by atoms with van der Waals surface area (Å²) < 4.78 is 6.82. The van der Waals surface area contributed by atoms with Gasteiger partial charge in [-0.3, -0.25) is 0 Å². The van der Waals surface area contributed by atoms with Crippen molar-refractivity contribution in [3.05, 3.63) is 57.2 Å². The van der Waals surface area contributed by atoms with Gasteiger partial charge in [-0.1, -0.05) is 17.7 Å². The van der Waals surface area contributed by atoms with Crippen molar-refractivity contribution in [2.45, 2.75) is 33.1 Å². The average molecular weight is 487 g/mol. The summed E-state index contributed by atoms with van der Waals surface area (Å²) in [5.74, 6) is 0.810. The highest BCUT2D eigenvalue weighted by Crippen LogP contribution is 2.40. The monoisotopic (exact) mass is 485 g/mol. The number of benzene rings is 2. The van der Waals surface area contributed by atoms with Crippen LogP contribution in [0.1, 0.15) is 31.0 Å². The van der Waals surface area contributed by atoms with Crippen LogP contribution in [-0.4, -0.2) is 23.1 Å². The number of aromatic nitrogens is 2. The van der Waals surface area contributed by atoms with E-state index in [0.717, 1.165) is 68.2 Å². The average Bonchev–Trinajstić information content (AvgIpc) is 3.07. The van der Waals surface area contributed by atoms with Crippen LogP contribution in [0.4, 0.5) is 0 Å². The van der Waals surface area contributed by atoms with Crippen molar-refractivity contribution >= 4 is 49.3 Å². The lowest BCUT2D eigenvalue weighted by Crippen LogP contribution is -2.00. The zero-order valence-electron chi connectivity index (χ0n) is 17.2. The first-order valence-electron chi connectivity index (χ1n) is 10.3. The summed E-state index contributed by atoms with van der Waals surface area (Å²) in [6.45, 7) is 5.29. The SMILES string of the molecule is CCOc1ccc(-c2[nH]c3c(Br)cc(Cl)cc3c2CCCCN)c2ccc(C)nc12. The van der Waals surface area contributed by atoms with Crippen molar-refractivity contribution in [3.63, 3.8) is 0 Å². The van der Waals surface area contributed by atoms with Crippen molar-refractivity contribution in [1.29, 1.82) is 0 Å². The molecule has 0 amide bonds. The van der Waals surface area contributed by atoms with Gasteiger partial charge in [0.25, 0.3) is 0 Å². The van der Waals surface area contributed by atoms with Crippen LogP contribution in [0, 0.1) is 6.92 Å². The third kappa shape index (κ3) is 3.94. The Balaban J connectivity index is 1.99. The van der Waals surface area contributed by atoms with Gasteiger partial charge >= 0.3 is 0 Å². The molecular weight excluding hydrogens is 462 g/mol. The Morgan fingerprint density at radius 1 is 1.13 bits per heavy atom. The van der Waals surface area contributed by atoms with Crippen molar-refractivity contribution in [3.8, 4) is 17.0 Å². The molecule has 0 saturated carbocycles. The van der Waals surface area contributed by atoms with Gasteiger partial charge in [0.15, 0.2) is 0 Å². The number of rotatable bonds is 7. The second-order valence-electron chi connectivity index (χ2n) is 7.43. The molecular formula is C24H25BrClN3O. The third-order valence-corrected chi connectivity index (χ3v) is 6.19. The summed E-state index contributed by atoms with van der Waals surface area (Å²) in [6, 6.07) is 12.3. The van der Waals surface area contributed by atoms with E-state index in [1.54, 1.807) is 0 Å². The molecule has 0 unspecified atom stereocenters. The predicted octanol–water partition coefficient (Wildman–Crippen LogP) is 6.79. The first-order chi connectivity index (χ1) is 14.5. The zero-order chi connectivity index (χ0) is 21.3. The van der Waals surface area contributed by atoms with Gasteiger partial charge in [-0.05, 0) is 91.5 Å². The number of nitrogens with two attached hydrogens (primary N) is 1. The number of nitrogens with one attached hydrogen (secondary N) is 1. The summed E-state index contributed by atoms with van der Waals surface area (Å²) in [5, 5.41) is 2.93. The summed E-state index contributed by atoms with van der Waals surface area (Å²) in [5.41, 5.74) is 12.1. The number of unbranched alkanes of at least 4 members (excludes halogenated alkanes) is 1. The molecule has 0 aliphatic carbocycles. The standard InChI is InChI=1S/C24H25BrClN3O/c1-3-30-21-10-9-17(18-8-7-14(2)28-24(18)21)22-16(6-4-5-11-27)19-12-15(26)13-20(25)23(19)29-22/h7-10,12-13,29H,3-6,11,27H2,1-2H3. The van der Waals surface area contributed by atoms with E-state index in [0.29, 0.717) is 18.2 Å². The summed E-state index contributed by atoms with van der Waals surface area (Å²) >= 11 is 10.1. The molecule has 0 aliphatic rings. The molecule has 2 aromatic carbocycles. The normalized spacial score (nSPS) is 11.5. The Hall–Kier alpha value is -2.08. The lowest BCUT2D eigenvalue weighted by atomic mass is 9.97. The van der Waals surface area contributed by atoms with E-state index in [2.05, 4.69) is 33.0 Å². The van der Waals surface area contributed by atoms with Crippen molar-refractivity contribution in [2.24, 2.45) is 5.73 Å². The molecule has 30 heavy (non-hydrogen) atoms. The second kappa shape index (κ2) is 8.96. The fourth-order valence-electron chi connectivity index (χ4n) is 3.99. The topological polar surface area (TPSA) is 63.9 Å². The van der Waals surface area contributed by atoms with Gasteiger partial charge < -0.3 is 15.5 Å². The van der Waals surface area contributed by atoms with Gasteiger partial charge in [0.1, 0.15) is 11.3 Å². The number of ether oxygens (including phenoxy) is 1. The van der Waals surface area contributed by atoms with Crippen LogP contribution >= 0.6 is 27.5 Å². The molecule has 0 spiro atoms. The smallest absolute Gasteiger partial charge is 0.145 e. The zero-order valence-corrected chi connectivity index (χ0v) is 19.5. The number of halogens is 2. The lowest BCUT2D eigenvalue weighted by Gasteiger charge is -2.12. The number of H-pyrrole nitrogens is 1. The van der Waals surface area contributed by atoms with E-state index >= 15 is 0 Å². The van der Waals surface area contributed by atoms with Crippen LogP contribution < -0.4 is 10.5 Å². The van der Waals surface area contributed by atoms with Gasteiger partial charge in [0, 0.05) is 31.5 Å². The lowest BCUT2D eigenvalue weighted by molar-refractivity contribution is 0.343. The van der Waals surface area contributed by atoms with Crippen molar-refractivity contribution in [2.75, 3.05) is 13.2 Å². The first kappa shape index (κ1) is 21.2. The largest absolute Gasteiger partial charge is 0.492 e. The maximum absolute atomic E-state index is 6.39. The Morgan fingerprint density at radius 3 is 2.73 bits per heavy atom. The maximum atomic E-state index is 6.39. The van der Waals surface area contributed by atoms with E-state index in [1.165, 1.54) is 5.56 Å². The predicted molar refractivity (Wildman–Crippen MR) is 130 cm³/mol. The van der Waals surface area contributed by atoms with Gasteiger partial charge in [-0.2, -0.15) is 0 Å². The van der Waals surface area contributed by atoms with E-state index in [1.807, 2.05) is 38.1 Å². The summed E-state index contributed by atoms with van der Waals surface area (Å²) in [7, 11) is 0. The minimum atomic E-state index is 0.603. The molecule has 0 saturated heterocycles. The minimum absolute atomic E-state index is 0.603. The molecule has 156 valence electrons. The van der Waals surface area contributed by atoms with Crippen LogP contribution in [0.15, 0.2) is 40.9 Å². The first-order valence-corrected chi connectivity index (χ1v) is 11.4. The molecule has 0 radical (unpaired) electrons. The molecule has 4 rings (SSSR count). The number of aromatic amines is 1. The molecule has 4 aromatic rings. The molecule has 0 atom stereocenters. The number of hydrogen-bond acceptors (Lipinski definition) is 3. The van der Waals surface area contributed by atoms with Gasteiger partial charge in [0.2, 0.25) is 0 Å². The highest BCUT2D eigenvalue weighted by Gasteiger charge is 2.19. The quantitative estimate of drug-likeness (QED) is 0.283. The Bertz CT molecular complexity index is 1220. The highest BCUT2D eigenvalue weighted by atomic mass is 79.9. The maximum Gasteiger partial charge on any atom is 0.145 e. The molecule has 2 aromatic heterocycles. The Morgan fingerprint density at radius 2 is 1.97 bits per heavy atom. The fraction of sp³-hybridized carbons (Fsp3) is 0.292. The molecule has 3 N–H and O–H groups in total. The number of aryl methyl sites for hydroxylation is 2. The Kier molecular flexibility index (Phi) is 6.32. The third-order valence-electron chi connectivity index (χ3n) is 5.34.